The third-order valence-corrected chi connectivity index (χ3v) is 5.68. The smallest absolute Gasteiger partial charge is 0.119 e. The Morgan fingerprint density at radius 3 is 2.74 bits per heavy atom. The molecular formula is C19H30N2O2. The number of hydrogen-bond donors (Lipinski definition) is 1. The summed E-state index contributed by atoms with van der Waals surface area (Å²) in [5.74, 6) is 1.15. The molecule has 4 nitrogen and oxygen atoms in total. The lowest BCUT2D eigenvalue weighted by Crippen LogP contribution is -2.50. The Kier molecular flexibility index (Phi) is 5.24. The first-order chi connectivity index (χ1) is 11.1. The topological polar surface area (TPSA) is 35.9 Å². The van der Waals surface area contributed by atoms with Crippen molar-refractivity contribution < 1.29 is 9.84 Å². The van der Waals surface area contributed by atoms with Gasteiger partial charge in [0.2, 0.25) is 0 Å². The predicted molar refractivity (Wildman–Crippen MR) is 92.8 cm³/mol. The van der Waals surface area contributed by atoms with E-state index in [1.165, 1.54) is 6.42 Å². The number of nitrogens with zero attached hydrogens (tertiary/aromatic N) is 2. The zero-order valence-corrected chi connectivity index (χ0v) is 14.5. The largest absolute Gasteiger partial charge is 0.497 e. The van der Waals surface area contributed by atoms with E-state index in [9.17, 15) is 5.11 Å². The molecule has 1 aromatic rings. The Hall–Kier alpha value is -1.10. The monoisotopic (exact) mass is 318 g/mol. The molecule has 3 rings (SSSR count). The Morgan fingerprint density at radius 1 is 1.22 bits per heavy atom. The maximum atomic E-state index is 11.5. The van der Waals surface area contributed by atoms with Crippen LogP contribution < -0.4 is 4.74 Å². The van der Waals surface area contributed by atoms with Gasteiger partial charge in [-0.05, 0) is 37.6 Å². The van der Waals surface area contributed by atoms with Crippen molar-refractivity contribution in [2.45, 2.75) is 31.3 Å². The third-order valence-electron chi connectivity index (χ3n) is 5.68. The Labute approximate surface area is 140 Å². The third kappa shape index (κ3) is 3.70. The highest BCUT2D eigenvalue weighted by Crippen LogP contribution is 2.43. The number of likely N-dealkylation sites (N-methyl/N-ethyl adjacent to an activating group) is 1. The van der Waals surface area contributed by atoms with Gasteiger partial charge in [-0.2, -0.15) is 0 Å². The summed E-state index contributed by atoms with van der Waals surface area (Å²) in [4.78, 5) is 4.91. The van der Waals surface area contributed by atoms with E-state index in [-0.39, 0.29) is 0 Å². The highest BCUT2D eigenvalue weighted by molar-refractivity contribution is 5.33. The van der Waals surface area contributed by atoms with Crippen molar-refractivity contribution in [3.8, 4) is 5.75 Å². The Morgan fingerprint density at radius 2 is 2.00 bits per heavy atom. The van der Waals surface area contributed by atoms with Crippen LogP contribution in [-0.4, -0.2) is 61.8 Å². The number of methoxy groups -OCH3 is 1. The summed E-state index contributed by atoms with van der Waals surface area (Å²) in [5.41, 5.74) is 0.312. The normalized spacial score (nSPS) is 30.3. The second kappa shape index (κ2) is 7.20. The van der Waals surface area contributed by atoms with E-state index in [0.29, 0.717) is 5.92 Å². The van der Waals surface area contributed by atoms with Crippen LogP contribution in [0.4, 0.5) is 0 Å². The second-order valence-corrected chi connectivity index (χ2v) is 7.20. The molecule has 2 atom stereocenters. The average Bonchev–Trinajstić information content (AvgIpc) is 2.59. The number of hydrogen-bond acceptors (Lipinski definition) is 4. The van der Waals surface area contributed by atoms with Crippen molar-refractivity contribution in [2.24, 2.45) is 5.92 Å². The molecule has 1 heterocycles. The van der Waals surface area contributed by atoms with Gasteiger partial charge in [-0.1, -0.05) is 25.0 Å². The van der Waals surface area contributed by atoms with Crippen molar-refractivity contribution in [3.63, 3.8) is 0 Å². The van der Waals surface area contributed by atoms with E-state index in [4.69, 9.17) is 4.74 Å². The molecule has 1 aromatic carbocycles. The minimum atomic E-state index is -0.712. The predicted octanol–water partition coefficient (Wildman–Crippen LogP) is 2.32. The molecule has 0 spiro atoms. The molecule has 1 saturated carbocycles. The van der Waals surface area contributed by atoms with Crippen molar-refractivity contribution >= 4 is 0 Å². The van der Waals surface area contributed by atoms with Crippen LogP contribution in [0, 0.1) is 5.92 Å². The van der Waals surface area contributed by atoms with E-state index in [1.54, 1.807) is 7.11 Å². The molecule has 0 amide bonds. The van der Waals surface area contributed by atoms with Gasteiger partial charge in [0.1, 0.15) is 5.75 Å². The first-order valence-corrected chi connectivity index (χ1v) is 8.89. The number of benzene rings is 1. The zero-order valence-electron chi connectivity index (χ0n) is 14.5. The molecular weight excluding hydrogens is 288 g/mol. The quantitative estimate of drug-likeness (QED) is 0.924. The molecule has 0 aromatic heterocycles. The maximum Gasteiger partial charge on any atom is 0.119 e. The van der Waals surface area contributed by atoms with Gasteiger partial charge >= 0.3 is 0 Å². The van der Waals surface area contributed by atoms with Gasteiger partial charge < -0.3 is 19.6 Å². The highest BCUT2D eigenvalue weighted by atomic mass is 16.5. The van der Waals surface area contributed by atoms with Crippen LogP contribution in [0.3, 0.4) is 0 Å². The second-order valence-electron chi connectivity index (χ2n) is 7.20. The molecule has 128 valence electrons. The molecule has 4 heteroatoms. The van der Waals surface area contributed by atoms with Crippen LogP contribution in [0.1, 0.15) is 31.2 Å². The molecule has 1 saturated heterocycles. The van der Waals surface area contributed by atoms with Crippen LogP contribution in [0.25, 0.3) is 0 Å². The van der Waals surface area contributed by atoms with Crippen LogP contribution in [-0.2, 0) is 5.60 Å². The summed E-state index contributed by atoms with van der Waals surface area (Å²) in [6.45, 7) is 5.48. The van der Waals surface area contributed by atoms with Crippen molar-refractivity contribution in [3.05, 3.63) is 29.8 Å². The van der Waals surface area contributed by atoms with Crippen LogP contribution in [0.15, 0.2) is 24.3 Å². The molecule has 2 unspecified atom stereocenters. The summed E-state index contributed by atoms with van der Waals surface area (Å²) in [6.07, 6.45) is 4.30. The van der Waals surface area contributed by atoms with E-state index >= 15 is 0 Å². The fourth-order valence-corrected chi connectivity index (χ4v) is 4.08. The van der Waals surface area contributed by atoms with Crippen LogP contribution in [0.5, 0.6) is 5.75 Å². The number of piperazine rings is 1. The lowest BCUT2D eigenvalue weighted by molar-refractivity contribution is -0.0685. The van der Waals surface area contributed by atoms with Crippen molar-refractivity contribution in [1.82, 2.24) is 9.80 Å². The summed E-state index contributed by atoms with van der Waals surface area (Å²) in [7, 11) is 3.87. The zero-order chi connectivity index (χ0) is 16.3. The number of rotatable bonds is 4. The summed E-state index contributed by atoms with van der Waals surface area (Å²) < 4.78 is 5.36. The lowest BCUT2D eigenvalue weighted by Gasteiger charge is -2.44. The molecule has 2 fully saturated rings. The van der Waals surface area contributed by atoms with Gasteiger partial charge in [-0.3, -0.25) is 0 Å². The molecule has 1 aliphatic heterocycles. The number of ether oxygens (including phenoxy) is 1. The summed E-state index contributed by atoms with van der Waals surface area (Å²) >= 11 is 0. The van der Waals surface area contributed by atoms with Gasteiger partial charge in [-0.15, -0.1) is 0 Å². The minimum Gasteiger partial charge on any atom is -0.497 e. The summed E-state index contributed by atoms with van der Waals surface area (Å²) in [6, 6.07) is 8.02. The fraction of sp³-hybridized carbons (Fsp3) is 0.684. The molecule has 0 radical (unpaired) electrons. The van der Waals surface area contributed by atoms with Crippen LogP contribution >= 0.6 is 0 Å². The highest BCUT2D eigenvalue weighted by Gasteiger charge is 2.41. The van der Waals surface area contributed by atoms with Gasteiger partial charge in [0, 0.05) is 38.6 Å². The van der Waals surface area contributed by atoms with Gasteiger partial charge in [0.15, 0.2) is 0 Å². The van der Waals surface area contributed by atoms with Crippen molar-refractivity contribution in [1.29, 1.82) is 0 Å². The summed E-state index contributed by atoms with van der Waals surface area (Å²) in [5, 5.41) is 11.5. The first kappa shape index (κ1) is 16.7. The first-order valence-electron chi connectivity index (χ1n) is 8.89. The van der Waals surface area contributed by atoms with E-state index in [2.05, 4.69) is 22.9 Å². The molecule has 1 N–H and O–H groups in total. The average molecular weight is 318 g/mol. The Bertz CT molecular complexity index is 514. The van der Waals surface area contributed by atoms with Crippen LogP contribution in [0.2, 0.25) is 0 Å². The Balaban J connectivity index is 1.76. The molecule has 2 aliphatic rings. The van der Waals surface area contributed by atoms with E-state index in [0.717, 1.165) is 63.3 Å². The van der Waals surface area contributed by atoms with Crippen molar-refractivity contribution in [2.75, 3.05) is 46.9 Å². The van der Waals surface area contributed by atoms with E-state index in [1.807, 2.05) is 18.2 Å². The lowest BCUT2D eigenvalue weighted by atomic mass is 9.71. The molecule has 0 bridgehead atoms. The standard InChI is InChI=1S/C19H30N2O2/c1-20-10-12-21(13-11-20)15-17-6-3-4-9-19(17,22)16-7-5-8-18(14-16)23-2/h5,7-8,14,17,22H,3-4,6,9-13,15H2,1-2H3. The SMILES string of the molecule is COc1cccc(C2(O)CCCCC2CN2CCN(C)CC2)c1. The van der Waals surface area contributed by atoms with Gasteiger partial charge in [0.25, 0.3) is 0 Å². The minimum absolute atomic E-state index is 0.312. The number of aliphatic hydroxyl groups is 1. The molecule has 23 heavy (non-hydrogen) atoms. The van der Waals surface area contributed by atoms with Gasteiger partial charge in [-0.25, -0.2) is 0 Å². The fourth-order valence-electron chi connectivity index (χ4n) is 4.08. The van der Waals surface area contributed by atoms with Gasteiger partial charge in [0.05, 0.1) is 12.7 Å². The maximum absolute atomic E-state index is 11.5. The van der Waals surface area contributed by atoms with E-state index < -0.39 is 5.60 Å². The molecule has 1 aliphatic carbocycles.